The Hall–Kier alpha value is -2.17. The van der Waals surface area contributed by atoms with Crippen molar-refractivity contribution in [2.75, 3.05) is 13.1 Å². The Morgan fingerprint density at radius 3 is 2.44 bits per heavy atom. The summed E-state index contributed by atoms with van der Waals surface area (Å²) in [6, 6.07) is 6.18. The number of carbonyl (C=O) groups excluding carboxylic acids is 1. The number of nitrogens with zero attached hydrogens (tertiary/aromatic N) is 3. The van der Waals surface area contributed by atoms with Gasteiger partial charge in [-0.05, 0) is 84.5 Å². The van der Waals surface area contributed by atoms with Gasteiger partial charge in [0, 0.05) is 36.9 Å². The van der Waals surface area contributed by atoms with Crippen molar-refractivity contribution in [2.24, 2.45) is 0 Å². The lowest BCUT2D eigenvalue weighted by atomic mass is 9.96. The van der Waals surface area contributed by atoms with Crippen molar-refractivity contribution < 1.29 is 13.2 Å². The highest BCUT2D eigenvalue weighted by molar-refractivity contribution is 7.90. The molecule has 2 unspecified atom stereocenters. The molecule has 188 valence electrons. The van der Waals surface area contributed by atoms with E-state index in [1.54, 1.807) is 29.1 Å². The third kappa shape index (κ3) is 4.94. The normalized spacial score (nSPS) is 23.3. The molecule has 2 atom stereocenters. The van der Waals surface area contributed by atoms with Crippen LogP contribution in [0.1, 0.15) is 76.2 Å². The van der Waals surface area contributed by atoms with Gasteiger partial charge < -0.3 is 5.32 Å². The van der Waals surface area contributed by atoms with Crippen molar-refractivity contribution >= 4 is 21.4 Å². The molecule has 2 N–H and O–H groups in total. The van der Waals surface area contributed by atoms with Crippen molar-refractivity contribution in [3.8, 4) is 0 Å². The molecule has 0 saturated carbocycles. The van der Waals surface area contributed by atoms with Gasteiger partial charge in [0.2, 0.25) is 10.0 Å². The molecule has 0 aromatic carbocycles. The quantitative estimate of drug-likeness (QED) is 0.523. The summed E-state index contributed by atoms with van der Waals surface area (Å²) >= 11 is 0. The number of carbonyl (C=O) groups is 1. The van der Waals surface area contributed by atoms with Crippen molar-refractivity contribution in [3.05, 3.63) is 40.3 Å². The maximum atomic E-state index is 13.1. The van der Waals surface area contributed by atoms with E-state index in [0.717, 1.165) is 44.2 Å². The van der Waals surface area contributed by atoms with Crippen LogP contribution in [0.5, 0.6) is 0 Å². The number of fused-ring (bicyclic) bond motifs is 3. The number of hydrogen-bond acceptors (Lipinski definition) is 5. The van der Waals surface area contributed by atoms with Crippen molar-refractivity contribution in [1.29, 1.82) is 0 Å². The lowest BCUT2D eigenvalue weighted by molar-refractivity contribution is 0.0842. The topological polar surface area (TPSA) is 105 Å². The minimum absolute atomic E-state index is 0.0376. The van der Waals surface area contributed by atoms with E-state index in [2.05, 4.69) is 14.9 Å². The van der Waals surface area contributed by atoms with Crippen LogP contribution in [0, 0.1) is 0 Å². The largest absolute Gasteiger partial charge is 0.349 e. The Morgan fingerprint density at radius 1 is 1.15 bits per heavy atom. The van der Waals surface area contributed by atoms with Crippen LogP contribution in [0.4, 0.5) is 0 Å². The molecule has 0 aliphatic carbocycles. The van der Waals surface area contributed by atoms with E-state index in [-0.39, 0.29) is 29.1 Å². The van der Waals surface area contributed by atoms with Crippen molar-refractivity contribution in [2.45, 2.75) is 89.2 Å². The Morgan fingerprint density at radius 2 is 1.82 bits per heavy atom. The first-order chi connectivity index (χ1) is 16.1. The first-order valence-corrected chi connectivity index (χ1v) is 13.9. The molecule has 2 aromatic rings. The Labute approximate surface area is 201 Å². The van der Waals surface area contributed by atoms with Gasteiger partial charge in [-0.3, -0.25) is 19.0 Å². The van der Waals surface area contributed by atoms with Gasteiger partial charge in [-0.25, -0.2) is 17.8 Å². The zero-order chi connectivity index (χ0) is 24.6. The summed E-state index contributed by atoms with van der Waals surface area (Å²) in [5.41, 5.74) is 0.731. The van der Waals surface area contributed by atoms with Gasteiger partial charge >= 0.3 is 0 Å². The molecule has 10 heteroatoms. The molecule has 9 nitrogen and oxygen atoms in total. The first-order valence-electron chi connectivity index (χ1n) is 12.4. The van der Waals surface area contributed by atoms with Crippen LogP contribution in [-0.2, 0) is 10.0 Å². The average Bonchev–Trinajstić information content (AvgIpc) is 3.31. The maximum Gasteiger partial charge on any atom is 0.278 e. The molecule has 2 aliphatic heterocycles. The SMILES string of the molecule is CC(C)n1c(=O)c(C(=O)NC2CC3CCC(C2)N3CCCNS(=O)(=O)C(C)C)cc2cccn21. The van der Waals surface area contributed by atoms with Gasteiger partial charge in [-0.2, -0.15) is 0 Å². The van der Waals surface area contributed by atoms with Gasteiger partial charge in [0.05, 0.1) is 10.8 Å². The second-order valence-electron chi connectivity index (χ2n) is 10.2. The molecule has 4 heterocycles. The lowest BCUT2D eigenvalue weighted by Gasteiger charge is -2.39. The van der Waals surface area contributed by atoms with Crippen LogP contribution >= 0.6 is 0 Å². The standard InChI is InChI=1S/C24H37N5O4S/c1-16(2)29-24(31)22(15-21-7-5-12-28(21)29)23(30)26-18-13-19-8-9-20(14-18)27(19)11-6-10-25-34(32,33)17(3)4/h5,7,12,15-20,25H,6,8-11,13-14H2,1-4H3,(H,26,30). The zero-order valence-electron chi connectivity index (χ0n) is 20.5. The third-order valence-corrected chi connectivity index (χ3v) is 9.04. The monoisotopic (exact) mass is 491 g/mol. The van der Waals surface area contributed by atoms with Crippen LogP contribution in [0.3, 0.4) is 0 Å². The van der Waals surface area contributed by atoms with Gasteiger partial charge in [0.15, 0.2) is 0 Å². The molecule has 2 fully saturated rings. The predicted molar refractivity (Wildman–Crippen MR) is 133 cm³/mol. The highest BCUT2D eigenvalue weighted by Gasteiger charge is 2.40. The van der Waals surface area contributed by atoms with E-state index in [1.165, 1.54) is 0 Å². The molecule has 1 amide bonds. The minimum atomic E-state index is -3.23. The Kier molecular flexibility index (Phi) is 7.21. The average molecular weight is 492 g/mol. The molecule has 34 heavy (non-hydrogen) atoms. The van der Waals surface area contributed by atoms with E-state index in [0.29, 0.717) is 18.6 Å². The van der Waals surface area contributed by atoms with Crippen molar-refractivity contribution in [3.63, 3.8) is 0 Å². The van der Waals surface area contributed by atoms with Crippen LogP contribution in [0.25, 0.3) is 5.52 Å². The molecular weight excluding hydrogens is 454 g/mol. The van der Waals surface area contributed by atoms with Gasteiger partial charge in [0.1, 0.15) is 5.56 Å². The molecule has 4 rings (SSSR count). The predicted octanol–water partition coefficient (Wildman–Crippen LogP) is 2.13. The minimum Gasteiger partial charge on any atom is -0.349 e. The van der Waals surface area contributed by atoms with Crippen molar-refractivity contribution in [1.82, 2.24) is 24.1 Å². The Balaban J connectivity index is 1.37. The first kappa shape index (κ1) is 24.9. The van der Waals surface area contributed by atoms with E-state index in [9.17, 15) is 18.0 Å². The summed E-state index contributed by atoms with van der Waals surface area (Å²) in [5.74, 6) is -0.302. The summed E-state index contributed by atoms with van der Waals surface area (Å²) in [6.45, 7) is 8.52. The summed E-state index contributed by atoms with van der Waals surface area (Å²) in [5, 5.41) is 2.72. The van der Waals surface area contributed by atoms with E-state index >= 15 is 0 Å². The van der Waals surface area contributed by atoms with Gasteiger partial charge in [-0.15, -0.1) is 0 Å². The number of nitrogens with one attached hydrogen (secondary N) is 2. The van der Waals surface area contributed by atoms with Crippen LogP contribution < -0.4 is 15.6 Å². The van der Waals surface area contributed by atoms with Gasteiger partial charge in [-0.1, -0.05) is 0 Å². The second kappa shape index (κ2) is 9.83. The summed E-state index contributed by atoms with van der Waals surface area (Å²) in [4.78, 5) is 28.7. The molecule has 0 radical (unpaired) electrons. The van der Waals surface area contributed by atoms with Gasteiger partial charge in [0.25, 0.3) is 11.5 Å². The van der Waals surface area contributed by atoms with Crippen LogP contribution in [0.15, 0.2) is 29.2 Å². The number of hydrogen-bond donors (Lipinski definition) is 2. The molecular formula is C24H37N5O4S. The summed E-state index contributed by atoms with van der Waals surface area (Å²) in [7, 11) is -3.23. The fourth-order valence-corrected chi connectivity index (χ4v) is 6.20. The smallest absolute Gasteiger partial charge is 0.278 e. The Bertz CT molecular complexity index is 1190. The van der Waals surface area contributed by atoms with E-state index in [4.69, 9.17) is 0 Å². The van der Waals surface area contributed by atoms with E-state index in [1.807, 2.05) is 32.2 Å². The number of aromatic nitrogens is 2. The number of amides is 1. The van der Waals surface area contributed by atoms with Crippen LogP contribution in [-0.4, -0.2) is 64.9 Å². The molecule has 2 saturated heterocycles. The lowest BCUT2D eigenvalue weighted by Crippen LogP contribution is -2.51. The van der Waals surface area contributed by atoms with Crippen LogP contribution in [0.2, 0.25) is 0 Å². The highest BCUT2D eigenvalue weighted by atomic mass is 32.2. The number of sulfonamides is 1. The number of piperidine rings is 1. The van der Waals surface area contributed by atoms with E-state index < -0.39 is 15.3 Å². The third-order valence-electron chi connectivity index (χ3n) is 7.19. The molecule has 2 aliphatic rings. The fourth-order valence-electron chi connectivity index (χ4n) is 5.44. The second-order valence-corrected chi connectivity index (χ2v) is 12.5. The summed E-state index contributed by atoms with van der Waals surface area (Å²) in [6.07, 6.45) is 6.48. The fraction of sp³-hybridized carbons (Fsp3) is 0.667. The molecule has 0 spiro atoms. The zero-order valence-corrected chi connectivity index (χ0v) is 21.3. The maximum absolute atomic E-state index is 13.1. The number of rotatable bonds is 9. The summed E-state index contributed by atoms with van der Waals surface area (Å²) < 4.78 is 30.0. The highest BCUT2D eigenvalue weighted by Crippen LogP contribution is 2.35. The molecule has 2 aromatic heterocycles. The molecule has 2 bridgehead atoms.